The number of pyridine rings is 2. The lowest BCUT2D eigenvalue weighted by Crippen LogP contribution is -2.04. The lowest BCUT2D eigenvalue weighted by molar-refractivity contribution is 0.579. The van der Waals surface area contributed by atoms with Crippen molar-refractivity contribution in [3.8, 4) is 0 Å². The van der Waals surface area contributed by atoms with Gasteiger partial charge in [-0.2, -0.15) is 0 Å². The van der Waals surface area contributed by atoms with E-state index in [1.165, 1.54) is 12.1 Å². The Hall–Kier alpha value is -2.56. The van der Waals surface area contributed by atoms with E-state index in [1.807, 2.05) is 12.1 Å². The Bertz CT molecular complexity index is 764. The monoisotopic (exact) mass is 299 g/mol. The summed E-state index contributed by atoms with van der Waals surface area (Å²) in [5.41, 5.74) is 2.51. The highest BCUT2D eigenvalue weighted by Gasteiger charge is 2.03. The van der Waals surface area contributed by atoms with E-state index >= 15 is 0 Å². The maximum atomic E-state index is 13.1. The lowest BCUT2D eigenvalue weighted by Gasteiger charge is -2.09. The van der Waals surface area contributed by atoms with Gasteiger partial charge in [-0.15, -0.1) is 0 Å². The first-order valence-electron chi connectivity index (χ1n) is 7.10. The topological polar surface area (TPSA) is 37.8 Å². The Kier molecular flexibility index (Phi) is 4.23. The van der Waals surface area contributed by atoms with Crippen molar-refractivity contribution in [2.24, 2.45) is 0 Å². The van der Waals surface area contributed by atoms with Gasteiger partial charge in [-0.1, -0.05) is 0 Å². The predicted octanol–water partition coefficient (Wildman–Crippen LogP) is 3.95. The van der Waals surface area contributed by atoms with Gasteiger partial charge >= 0.3 is 0 Å². The number of nitrogens with zero attached hydrogens (tertiary/aromatic N) is 2. The van der Waals surface area contributed by atoms with Gasteiger partial charge in [0.1, 0.15) is 11.6 Å². The van der Waals surface area contributed by atoms with E-state index in [0.29, 0.717) is 18.5 Å². The van der Waals surface area contributed by atoms with E-state index in [0.717, 1.165) is 29.1 Å². The Morgan fingerprint density at radius 1 is 1.00 bits per heavy atom. The van der Waals surface area contributed by atoms with Gasteiger partial charge in [0.25, 0.3) is 0 Å². The molecular weight excluding hydrogens is 284 g/mol. The fraction of sp³-hybridized carbons (Fsp3) is 0.176. The quantitative estimate of drug-likeness (QED) is 0.725. The molecule has 0 spiro atoms. The van der Waals surface area contributed by atoms with Gasteiger partial charge in [0.2, 0.25) is 0 Å². The highest BCUT2D eigenvalue weighted by molar-refractivity contribution is 5.89. The zero-order valence-corrected chi connectivity index (χ0v) is 11.9. The molecule has 0 bridgehead atoms. The Morgan fingerprint density at radius 3 is 2.64 bits per heavy atom. The van der Waals surface area contributed by atoms with Crippen LogP contribution < -0.4 is 5.32 Å². The van der Waals surface area contributed by atoms with Crippen LogP contribution in [0.1, 0.15) is 12.0 Å². The first-order chi connectivity index (χ1) is 10.7. The van der Waals surface area contributed by atoms with Crippen molar-refractivity contribution in [1.29, 1.82) is 0 Å². The van der Waals surface area contributed by atoms with Gasteiger partial charge in [-0.05, 0) is 42.7 Å². The van der Waals surface area contributed by atoms with Crippen molar-refractivity contribution in [1.82, 2.24) is 9.97 Å². The van der Waals surface area contributed by atoms with Gasteiger partial charge in [-0.3, -0.25) is 9.97 Å². The van der Waals surface area contributed by atoms with Crippen molar-refractivity contribution < 1.29 is 8.78 Å². The maximum absolute atomic E-state index is 13.1. The minimum atomic E-state index is -0.533. The fourth-order valence-electron chi connectivity index (χ4n) is 2.41. The second-order valence-corrected chi connectivity index (χ2v) is 5.06. The first kappa shape index (κ1) is 14.4. The molecular formula is C17H15F2N3. The SMILES string of the molecule is Fc1cc(F)cc(CCCNc2ccnc3ccncc23)c1. The number of aryl methyl sites for hydroxylation is 1. The number of benzene rings is 1. The van der Waals surface area contributed by atoms with Crippen LogP contribution in [-0.4, -0.2) is 16.5 Å². The van der Waals surface area contributed by atoms with Crippen LogP contribution in [0, 0.1) is 11.6 Å². The van der Waals surface area contributed by atoms with Crippen LogP contribution in [0.25, 0.3) is 10.9 Å². The van der Waals surface area contributed by atoms with Crippen LogP contribution >= 0.6 is 0 Å². The molecule has 0 unspecified atom stereocenters. The van der Waals surface area contributed by atoms with Gasteiger partial charge in [0.05, 0.1) is 5.52 Å². The number of fused-ring (bicyclic) bond motifs is 1. The van der Waals surface area contributed by atoms with Crippen molar-refractivity contribution in [2.45, 2.75) is 12.8 Å². The summed E-state index contributed by atoms with van der Waals surface area (Å²) >= 11 is 0. The molecule has 1 aromatic carbocycles. The summed E-state index contributed by atoms with van der Waals surface area (Å²) in [6.45, 7) is 0.701. The van der Waals surface area contributed by atoms with Crippen molar-refractivity contribution >= 4 is 16.6 Å². The first-order valence-corrected chi connectivity index (χ1v) is 7.10. The van der Waals surface area contributed by atoms with Crippen molar-refractivity contribution in [3.05, 3.63) is 66.1 Å². The Labute approximate surface area is 127 Å². The number of anilines is 1. The third kappa shape index (κ3) is 3.36. The molecule has 0 fully saturated rings. The molecule has 0 aliphatic carbocycles. The van der Waals surface area contributed by atoms with Gasteiger partial charge in [0.15, 0.2) is 0 Å². The number of rotatable bonds is 5. The van der Waals surface area contributed by atoms with Gasteiger partial charge in [0, 0.05) is 42.3 Å². The normalized spacial score (nSPS) is 10.8. The molecule has 3 rings (SSSR count). The van der Waals surface area contributed by atoms with Crippen molar-refractivity contribution in [2.75, 3.05) is 11.9 Å². The molecule has 0 amide bonds. The number of hydrogen-bond acceptors (Lipinski definition) is 3. The Morgan fingerprint density at radius 2 is 1.82 bits per heavy atom. The molecule has 22 heavy (non-hydrogen) atoms. The summed E-state index contributed by atoms with van der Waals surface area (Å²) < 4.78 is 26.2. The third-order valence-electron chi connectivity index (χ3n) is 3.42. The maximum Gasteiger partial charge on any atom is 0.126 e. The molecule has 3 nitrogen and oxygen atoms in total. The second kappa shape index (κ2) is 6.47. The molecule has 3 aromatic rings. The largest absolute Gasteiger partial charge is 0.384 e. The number of hydrogen-bond donors (Lipinski definition) is 1. The standard InChI is InChI=1S/C17H15F2N3/c18-13-8-12(9-14(19)10-13)2-1-5-21-17-4-7-22-16-3-6-20-11-15(16)17/h3-4,6-11H,1-2,5H2,(H,21,22). The molecule has 112 valence electrons. The van der Waals surface area contributed by atoms with Crippen LogP contribution in [0.4, 0.5) is 14.5 Å². The highest BCUT2D eigenvalue weighted by atomic mass is 19.1. The second-order valence-electron chi connectivity index (χ2n) is 5.06. The van der Waals surface area contributed by atoms with Gasteiger partial charge < -0.3 is 5.32 Å². The molecule has 1 N–H and O–H groups in total. The number of aromatic nitrogens is 2. The Balaban J connectivity index is 1.61. The summed E-state index contributed by atoms with van der Waals surface area (Å²) in [5, 5.41) is 4.28. The molecule has 0 aliphatic heterocycles. The number of halogens is 2. The summed E-state index contributed by atoms with van der Waals surface area (Å²) in [6.07, 6.45) is 6.60. The molecule has 0 saturated carbocycles. The minimum Gasteiger partial charge on any atom is -0.384 e. The van der Waals surface area contributed by atoms with Crippen LogP contribution in [0.15, 0.2) is 48.9 Å². The molecule has 2 aromatic heterocycles. The average molecular weight is 299 g/mol. The highest BCUT2D eigenvalue weighted by Crippen LogP contribution is 2.20. The van der Waals surface area contributed by atoms with E-state index in [-0.39, 0.29) is 0 Å². The lowest BCUT2D eigenvalue weighted by atomic mass is 10.1. The molecule has 2 heterocycles. The van der Waals surface area contributed by atoms with Crippen LogP contribution in [0.2, 0.25) is 0 Å². The summed E-state index contributed by atoms with van der Waals surface area (Å²) in [4.78, 5) is 8.38. The smallest absolute Gasteiger partial charge is 0.126 e. The molecule has 0 radical (unpaired) electrons. The van der Waals surface area contributed by atoms with Crippen LogP contribution in [0.3, 0.4) is 0 Å². The summed E-state index contributed by atoms with van der Waals surface area (Å²) in [5.74, 6) is -1.07. The van der Waals surface area contributed by atoms with E-state index in [2.05, 4.69) is 15.3 Å². The fourth-order valence-corrected chi connectivity index (χ4v) is 2.41. The molecule has 0 aliphatic rings. The molecule has 0 atom stereocenters. The van der Waals surface area contributed by atoms with Crippen molar-refractivity contribution in [3.63, 3.8) is 0 Å². The van der Waals surface area contributed by atoms with E-state index in [9.17, 15) is 8.78 Å². The van der Waals surface area contributed by atoms with Crippen LogP contribution in [0.5, 0.6) is 0 Å². The molecule has 0 saturated heterocycles. The predicted molar refractivity (Wildman–Crippen MR) is 82.7 cm³/mol. The van der Waals surface area contributed by atoms with Gasteiger partial charge in [-0.25, -0.2) is 8.78 Å². The molecule has 5 heteroatoms. The van der Waals surface area contributed by atoms with Crippen LogP contribution in [-0.2, 0) is 6.42 Å². The minimum absolute atomic E-state index is 0.533. The van der Waals surface area contributed by atoms with E-state index < -0.39 is 11.6 Å². The zero-order valence-electron chi connectivity index (χ0n) is 11.9. The summed E-state index contributed by atoms with van der Waals surface area (Å²) in [6, 6.07) is 7.38. The summed E-state index contributed by atoms with van der Waals surface area (Å²) in [7, 11) is 0. The van der Waals surface area contributed by atoms with E-state index in [1.54, 1.807) is 18.6 Å². The van der Waals surface area contributed by atoms with E-state index in [4.69, 9.17) is 0 Å². The number of nitrogens with one attached hydrogen (secondary N) is 1. The zero-order chi connectivity index (χ0) is 15.4. The average Bonchev–Trinajstić information content (AvgIpc) is 2.51. The third-order valence-corrected chi connectivity index (χ3v) is 3.42.